The Bertz CT molecular complexity index is 561. The molecule has 2 fully saturated rings. The van der Waals surface area contributed by atoms with Gasteiger partial charge in [0.2, 0.25) is 0 Å². The Morgan fingerprint density at radius 2 is 2.00 bits per heavy atom. The van der Waals surface area contributed by atoms with Crippen molar-refractivity contribution in [2.45, 2.75) is 31.4 Å². The SMILES string of the molecule is O=[N+]([O-])c1ccc(N2OC3CCC2C3)c([N+](=O)[O-])c1. The first kappa shape index (κ1) is 11.8. The van der Waals surface area contributed by atoms with Crippen LogP contribution in [0, 0.1) is 20.2 Å². The summed E-state index contributed by atoms with van der Waals surface area (Å²) in [7, 11) is 0. The fraction of sp³-hybridized carbons (Fsp3) is 0.455. The molecule has 0 N–H and O–H groups in total. The van der Waals surface area contributed by atoms with E-state index in [1.807, 2.05) is 0 Å². The van der Waals surface area contributed by atoms with Crippen LogP contribution in [-0.4, -0.2) is 22.0 Å². The van der Waals surface area contributed by atoms with Crippen LogP contribution in [0.3, 0.4) is 0 Å². The Morgan fingerprint density at radius 1 is 1.21 bits per heavy atom. The molecular weight excluding hydrogens is 254 g/mol. The van der Waals surface area contributed by atoms with E-state index in [1.54, 1.807) is 0 Å². The van der Waals surface area contributed by atoms with E-state index in [-0.39, 0.29) is 23.5 Å². The Kier molecular flexibility index (Phi) is 2.59. The molecule has 1 aliphatic heterocycles. The molecule has 1 aliphatic carbocycles. The molecule has 2 atom stereocenters. The number of non-ortho nitro benzene ring substituents is 1. The molecule has 1 saturated carbocycles. The zero-order chi connectivity index (χ0) is 13.6. The first-order chi connectivity index (χ1) is 9.06. The molecule has 0 radical (unpaired) electrons. The van der Waals surface area contributed by atoms with E-state index in [2.05, 4.69) is 0 Å². The van der Waals surface area contributed by atoms with Crippen molar-refractivity contribution in [3.63, 3.8) is 0 Å². The minimum absolute atomic E-state index is 0.111. The van der Waals surface area contributed by atoms with Crippen molar-refractivity contribution in [1.82, 2.24) is 0 Å². The summed E-state index contributed by atoms with van der Waals surface area (Å²) >= 11 is 0. The van der Waals surface area contributed by atoms with E-state index in [9.17, 15) is 20.2 Å². The average Bonchev–Trinajstić information content (AvgIpc) is 3.00. The number of hydroxylamine groups is 1. The Balaban J connectivity index is 2.01. The van der Waals surface area contributed by atoms with Gasteiger partial charge >= 0.3 is 5.69 Å². The van der Waals surface area contributed by atoms with E-state index in [4.69, 9.17) is 4.84 Å². The predicted octanol–water partition coefficient (Wildman–Crippen LogP) is 2.18. The highest BCUT2D eigenvalue weighted by atomic mass is 16.7. The van der Waals surface area contributed by atoms with Gasteiger partial charge < -0.3 is 0 Å². The van der Waals surface area contributed by atoms with Crippen LogP contribution in [0.25, 0.3) is 0 Å². The maximum absolute atomic E-state index is 11.1. The molecule has 19 heavy (non-hydrogen) atoms. The van der Waals surface area contributed by atoms with Crippen LogP contribution in [0.2, 0.25) is 0 Å². The summed E-state index contributed by atoms with van der Waals surface area (Å²) in [5, 5.41) is 23.3. The Labute approximate surface area is 107 Å². The van der Waals surface area contributed by atoms with E-state index >= 15 is 0 Å². The third-order valence-corrected chi connectivity index (χ3v) is 3.56. The standard InChI is InChI=1S/C11H11N3O5/c15-13(16)8-2-4-10(11(6-8)14(17)18)12-7-1-3-9(5-7)19-12/h2,4,6-7,9H,1,3,5H2. The number of rotatable bonds is 3. The van der Waals surface area contributed by atoms with Gasteiger partial charge in [0.15, 0.2) is 0 Å². The molecule has 1 aromatic carbocycles. The van der Waals surface area contributed by atoms with Crippen LogP contribution in [0.4, 0.5) is 17.1 Å². The first-order valence-corrected chi connectivity index (χ1v) is 5.95. The van der Waals surface area contributed by atoms with Gasteiger partial charge in [-0.25, -0.2) is 5.06 Å². The first-order valence-electron chi connectivity index (χ1n) is 5.95. The molecule has 0 spiro atoms. The normalized spacial score (nSPS) is 24.7. The maximum Gasteiger partial charge on any atom is 0.301 e. The molecule has 2 aliphatic rings. The lowest BCUT2D eigenvalue weighted by molar-refractivity contribution is -0.393. The fourth-order valence-electron chi connectivity index (χ4n) is 2.68. The van der Waals surface area contributed by atoms with E-state index < -0.39 is 9.85 Å². The Morgan fingerprint density at radius 3 is 2.53 bits per heavy atom. The number of nitrogens with zero attached hydrogens (tertiary/aromatic N) is 3. The molecule has 8 nitrogen and oxygen atoms in total. The molecule has 0 amide bonds. The smallest absolute Gasteiger partial charge is 0.270 e. The maximum atomic E-state index is 11.1. The molecule has 2 bridgehead atoms. The van der Waals surface area contributed by atoms with Crippen molar-refractivity contribution in [3.05, 3.63) is 38.4 Å². The molecule has 0 aromatic heterocycles. The average molecular weight is 265 g/mol. The van der Waals surface area contributed by atoms with Gasteiger partial charge in [0.1, 0.15) is 5.69 Å². The van der Waals surface area contributed by atoms with Gasteiger partial charge in [-0.15, -0.1) is 0 Å². The number of hydrogen-bond donors (Lipinski definition) is 0. The minimum atomic E-state index is -0.645. The van der Waals surface area contributed by atoms with Crippen LogP contribution in [0.15, 0.2) is 18.2 Å². The minimum Gasteiger partial charge on any atom is -0.270 e. The second kappa shape index (κ2) is 4.16. The lowest BCUT2D eigenvalue weighted by Crippen LogP contribution is -2.31. The van der Waals surface area contributed by atoms with Crippen molar-refractivity contribution in [2.75, 3.05) is 5.06 Å². The van der Waals surface area contributed by atoms with Gasteiger partial charge in [-0.2, -0.15) is 0 Å². The highest BCUT2D eigenvalue weighted by Crippen LogP contribution is 2.42. The van der Waals surface area contributed by atoms with Crippen molar-refractivity contribution in [3.8, 4) is 0 Å². The number of benzene rings is 1. The monoisotopic (exact) mass is 265 g/mol. The number of nitro benzene ring substituents is 2. The molecular formula is C11H11N3O5. The van der Waals surface area contributed by atoms with Gasteiger partial charge in [0, 0.05) is 6.07 Å². The summed E-state index contributed by atoms with van der Waals surface area (Å²) in [6, 6.07) is 3.75. The summed E-state index contributed by atoms with van der Waals surface area (Å²) in [4.78, 5) is 26.1. The van der Waals surface area contributed by atoms with Gasteiger partial charge in [0.25, 0.3) is 5.69 Å². The number of hydrogen-bond acceptors (Lipinski definition) is 6. The summed E-state index contributed by atoms with van der Waals surface area (Å²) in [6.07, 6.45) is 2.86. The number of nitro groups is 2. The van der Waals surface area contributed by atoms with Gasteiger partial charge in [-0.05, 0) is 25.3 Å². The lowest BCUT2D eigenvalue weighted by Gasteiger charge is -2.27. The summed E-state index contributed by atoms with van der Waals surface area (Å²) < 4.78 is 0. The second-order valence-electron chi connectivity index (χ2n) is 4.71. The van der Waals surface area contributed by atoms with Crippen LogP contribution in [-0.2, 0) is 4.84 Å². The van der Waals surface area contributed by atoms with Crippen molar-refractivity contribution < 1.29 is 14.7 Å². The fourth-order valence-corrected chi connectivity index (χ4v) is 2.68. The Hall–Kier alpha value is -2.22. The molecule has 2 unspecified atom stereocenters. The molecule has 100 valence electrons. The van der Waals surface area contributed by atoms with Crippen molar-refractivity contribution in [2.24, 2.45) is 0 Å². The zero-order valence-electron chi connectivity index (χ0n) is 9.89. The second-order valence-corrected chi connectivity index (χ2v) is 4.71. The zero-order valence-corrected chi connectivity index (χ0v) is 9.89. The molecule has 3 rings (SSSR count). The predicted molar refractivity (Wildman–Crippen MR) is 64.7 cm³/mol. The van der Waals surface area contributed by atoms with E-state index in [0.717, 1.165) is 25.3 Å². The van der Waals surface area contributed by atoms with Crippen LogP contribution < -0.4 is 5.06 Å². The summed E-state index contributed by atoms with van der Waals surface area (Å²) in [6.45, 7) is 0. The van der Waals surface area contributed by atoms with Crippen LogP contribution >= 0.6 is 0 Å². The summed E-state index contributed by atoms with van der Waals surface area (Å²) in [5.41, 5.74) is -0.288. The highest BCUT2D eigenvalue weighted by molar-refractivity contribution is 5.66. The third-order valence-electron chi connectivity index (χ3n) is 3.56. The van der Waals surface area contributed by atoms with E-state index in [1.165, 1.54) is 17.2 Å². The number of fused-ring (bicyclic) bond motifs is 2. The largest absolute Gasteiger partial charge is 0.301 e. The van der Waals surface area contributed by atoms with Crippen molar-refractivity contribution >= 4 is 17.1 Å². The molecule has 1 saturated heterocycles. The lowest BCUT2D eigenvalue weighted by atomic mass is 10.2. The topological polar surface area (TPSA) is 98.8 Å². The highest BCUT2D eigenvalue weighted by Gasteiger charge is 2.42. The molecule has 1 aromatic rings. The van der Waals surface area contributed by atoms with Crippen molar-refractivity contribution in [1.29, 1.82) is 0 Å². The van der Waals surface area contributed by atoms with E-state index in [0.29, 0.717) is 5.69 Å². The van der Waals surface area contributed by atoms with Crippen LogP contribution in [0.5, 0.6) is 0 Å². The van der Waals surface area contributed by atoms with Gasteiger partial charge in [-0.3, -0.25) is 25.1 Å². The summed E-state index contributed by atoms with van der Waals surface area (Å²) in [5.74, 6) is 0. The molecule has 8 heteroatoms. The van der Waals surface area contributed by atoms with Crippen LogP contribution in [0.1, 0.15) is 19.3 Å². The molecule has 1 heterocycles. The third kappa shape index (κ3) is 1.89. The quantitative estimate of drug-likeness (QED) is 0.613. The van der Waals surface area contributed by atoms with Gasteiger partial charge in [0.05, 0.1) is 28.1 Å². The number of anilines is 1. The van der Waals surface area contributed by atoms with Gasteiger partial charge in [-0.1, -0.05) is 0 Å².